The third-order valence-corrected chi connectivity index (χ3v) is 5.25. The van der Waals surface area contributed by atoms with Gasteiger partial charge in [0.2, 0.25) is 0 Å². The number of benzene rings is 1. The molecular weight excluding hydrogens is 342 g/mol. The summed E-state index contributed by atoms with van der Waals surface area (Å²) in [5.74, 6) is -0.113. The highest BCUT2D eigenvalue weighted by Gasteiger charge is 2.22. The summed E-state index contributed by atoms with van der Waals surface area (Å²) in [7, 11) is 0. The molecule has 1 aliphatic heterocycles. The lowest BCUT2D eigenvalue weighted by Crippen LogP contribution is -2.17. The molecule has 1 saturated heterocycles. The summed E-state index contributed by atoms with van der Waals surface area (Å²) in [6.45, 7) is 0. The first-order chi connectivity index (χ1) is 10.1. The molecule has 0 bridgehead atoms. The molecule has 1 amide bonds. The second kappa shape index (κ2) is 6.32. The Bertz CT molecular complexity index is 734. The summed E-state index contributed by atoms with van der Waals surface area (Å²) >= 11 is 13.8. The molecule has 0 saturated carbocycles. The van der Waals surface area contributed by atoms with Crippen molar-refractivity contribution >= 4 is 63.2 Å². The van der Waals surface area contributed by atoms with Crippen LogP contribution in [0.15, 0.2) is 40.6 Å². The Morgan fingerprint density at radius 1 is 1.24 bits per heavy atom. The first-order valence-electron chi connectivity index (χ1n) is 6.17. The fourth-order valence-corrected chi connectivity index (χ4v) is 4.03. The number of carbonyl (C=O) groups excluding carboxylic acids is 1. The van der Waals surface area contributed by atoms with E-state index in [-0.39, 0.29) is 5.91 Å². The fourth-order valence-electron chi connectivity index (χ4n) is 1.95. The predicted octanol–water partition coefficient (Wildman–Crippen LogP) is 4.48. The van der Waals surface area contributed by atoms with Crippen LogP contribution in [-0.4, -0.2) is 10.2 Å². The average Bonchev–Trinajstić information content (AvgIpc) is 3.00. The molecule has 0 aliphatic carbocycles. The van der Waals surface area contributed by atoms with E-state index < -0.39 is 0 Å². The molecule has 1 fully saturated rings. The highest BCUT2D eigenvalue weighted by molar-refractivity contribution is 8.26. The van der Waals surface area contributed by atoms with Crippen LogP contribution in [0.2, 0.25) is 5.02 Å². The van der Waals surface area contributed by atoms with E-state index in [0.717, 1.165) is 16.3 Å². The Hall–Kier alpha value is -1.14. The van der Waals surface area contributed by atoms with Gasteiger partial charge in [0.1, 0.15) is 4.32 Å². The Kier molecular flexibility index (Phi) is 4.45. The van der Waals surface area contributed by atoms with Crippen LogP contribution < -0.4 is 5.32 Å². The lowest BCUT2D eigenvalue weighted by Gasteiger charge is -1.98. The van der Waals surface area contributed by atoms with Crippen LogP contribution in [0.5, 0.6) is 0 Å². The lowest BCUT2D eigenvalue weighted by atomic mass is 10.1. The van der Waals surface area contributed by atoms with E-state index in [0.29, 0.717) is 9.23 Å². The Balaban J connectivity index is 1.74. The molecule has 0 atom stereocenters. The van der Waals surface area contributed by atoms with Crippen molar-refractivity contribution in [2.75, 3.05) is 0 Å². The van der Waals surface area contributed by atoms with Crippen molar-refractivity contribution in [1.29, 1.82) is 0 Å². The molecule has 0 unspecified atom stereocenters. The van der Waals surface area contributed by atoms with Gasteiger partial charge in [-0.2, -0.15) is 0 Å². The van der Waals surface area contributed by atoms with E-state index >= 15 is 0 Å². The maximum absolute atomic E-state index is 11.6. The number of halogens is 1. The molecule has 6 heteroatoms. The number of amides is 1. The van der Waals surface area contributed by atoms with Crippen molar-refractivity contribution in [3.8, 4) is 0 Å². The van der Waals surface area contributed by atoms with Gasteiger partial charge in [0.15, 0.2) is 0 Å². The van der Waals surface area contributed by atoms with Gasteiger partial charge in [-0.25, -0.2) is 0 Å². The number of hydrogen-bond donors (Lipinski definition) is 1. The first kappa shape index (κ1) is 14.8. The van der Waals surface area contributed by atoms with Gasteiger partial charge in [-0.1, -0.05) is 47.7 Å². The third kappa shape index (κ3) is 3.74. The topological polar surface area (TPSA) is 29.1 Å². The van der Waals surface area contributed by atoms with E-state index in [1.165, 1.54) is 22.9 Å². The SMILES string of the molecule is O=C1NC(=S)S/C1=C\c1cc(Cc2ccc(Cl)cc2)cs1. The molecule has 2 heterocycles. The summed E-state index contributed by atoms with van der Waals surface area (Å²) in [4.78, 5) is 13.3. The zero-order valence-corrected chi connectivity index (χ0v) is 14.0. The number of hydrogen-bond acceptors (Lipinski definition) is 4. The number of thioether (sulfide) groups is 1. The van der Waals surface area contributed by atoms with Gasteiger partial charge in [0.05, 0.1) is 4.91 Å². The number of thiophene rings is 1. The normalized spacial score (nSPS) is 16.5. The molecular formula is C15H10ClNOS3. The van der Waals surface area contributed by atoms with Gasteiger partial charge < -0.3 is 5.32 Å². The van der Waals surface area contributed by atoms with Crippen molar-refractivity contribution in [3.63, 3.8) is 0 Å². The molecule has 1 N–H and O–H groups in total. The summed E-state index contributed by atoms with van der Waals surface area (Å²) in [6.07, 6.45) is 2.74. The molecule has 106 valence electrons. The fraction of sp³-hybridized carbons (Fsp3) is 0.0667. The lowest BCUT2D eigenvalue weighted by molar-refractivity contribution is -0.115. The van der Waals surface area contributed by atoms with Gasteiger partial charge in [0, 0.05) is 9.90 Å². The van der Waals surface area contributed by atoms with Crippen LogP contribution in [0, 0.1) is 0 Å². The van der Waals surface area contributed by atoms with E-state index in [9.17, 15) is 4.79 Å². The number of thiocarbonyl (C=S) groups is 1. The molecule has 1 aliphatic rings. The molecule has 2 nitrogen and oxygen atoms in total. The highest BCUT2D eigenvalue weighted by atomic mass is 35.5. The molecule has 2 aromatic rings. The highest BCUT2D eigenvalue weighted by Crippen LogP contribution is 2.28. The summed E-state index contributed by atoms with van der Waals surface area (Å²) in [5, 5.41) is 5.47. The zero-order valence-electron chi connectivity index (χ0n) is 10.8. The molecule has 1 aromatic carbocycles. The molecule has 1 aromatic heterocycles. The smallest absolute Gasteiger partial charge is 0.263 e. The van der Waals surface area contributed by atoms with Crippen molar-refractivity contribution in [2.45, 2.75) is 6.42 Å². The molecule has 3 rings (SSSR count). The number of carbonyl (C=O) groups is 1. The minimum absolute atomic E-state index is 0.113. The van der Waals surface area contributed by atoms with E-state index in [1.807, 2.05) is 30.3 Å². The molecule has 0 spiro atoms. The standard InChI is InChI=1S/C15H10ClNOS3/c16-11-3-1-9(2-4-11)5-10-6-12(20-8-10)7-13-14(18)17-15(19)21-13/h1-4,6-8H,5H2,(H,17,18,19)/b13-7-. The van der Waals surface area contributed by atoms with E-state index in [4.69, 9.17) is 23.8 Å². The third-order valence-electron chi connectivity index (χ3n) is 2.91. The Morgan fingerprint density at radius 2 is 2.00 bits per heavy atom. The summed E-state index contributed by atoms with van der Waals surface area (Å²) in [6, 6.07) is 9.94. The van der Waals surface area contributed by atoms with E-state index in [2.05, 4.69) is 16.8 Å². The number of nitrogens with one attached hydrogen (secondary N) is 1. The van der Waals surface area contributed by atoms with Crippen LogP contribution >= 0.6 is 46.9 Å². The van der Waals surface area contributed by atoms with Crippen molar-refractivity contribution in [1.82, 2.24) is 5.32 Å². The summed E-state index contributed by atoms with van der Waals surface area (Å²) < 4.78 is 0.518. The monoisotopic (exact) mass is 351 g/mol. The molecule has 0 radical (unpaired) electrons. The Labute approximate surface area is 141 Å². The van der Waals surface area contributed by atoms with Crippen LogP contribution in [0.3, 0.4) is 0 Å². The molecule has 21 heavy (non-hydrogen) atoms. The minimum atomic E-state index is -0.113. The van der Waals surface area contributed by atoms with E-state index in [1.54, 1.807) is 11.3 Å². The Morgan fingerprint density at radius 3 is 2.67 bits per heavy atom. The maximum atomic E-state index is 11.6. The number of rotatable bonds is 3. The predicted molar refractivity (Wildman–Crippen MR) is 94.9 cm³/mol. The quantitative estimate of drug-likeness (QED) is 0.653. The zero-order chi connectivity index (χ0) is 14.8. The maximum Gasteiger partial charge on any atom is 0.263 e. The van der Waals surface area contributed by atoms with Crippen LogP contribution in [-0.2, 0) is 11.2 Å². The average molecular weight is 352 g/mol. The largest absolute Gasteiger partial charge is 0.307 e. The van der Waals surface area contributed by atoms with Gasteiger partial charge in [-0.05, 0) is 47.2 Å². The second-order valence-electron chi connectivity index (χ2n) is 4.51. The van der Waals surface area contributed by atoms with Crippen LogP contribution in [0.1, 0.15) is 16.0 Å². The van der Waals surface area contributed by atoms with Gasteiger partial charge >= 0.3 is 0 Å². The van der Waals surface area contributed by atoms with Crippen LogP contribution in [0.25, 0.3) is 6.08 Å². The van der Waals surface area contributed by atoms with Crippen molar-refractivity contribution < 1.29 is 4.79 Å². The van der Waals surface area contributed by atoms with Crippen LogP contribution in [0.4, 0.5) is 0 Å². The minimum Gasteiger partial charge on any atom is -0.307 e. The van der Waals surface area contributed by atoms with Crippen molar-refractivity contribution in [3.05, 3.63) is 61.6 Å². The van der Waals surface area contributed by atoms with Gasteiger partial charge in [-0.15, -0.1) is 11.3 Å². The second-order valence-corrected chi connectivity index (χ2v) is 7.61. The van der Waals surface area contributed by atoms with Crippen molar-refractivity contribution in [2.24, 2.45) is 0 Å². The van der Waals surface area contributed by atoms with Gasteiger partial charge in [-0.3, -0.25) is 4.79 Å². The first-order valence-corrected chi connectivity index (χ1v) is 8.65. The van der Waals surface area contributed by atoms with Gasteiger partial charge in [0.25, 0.3) is 5.91 Å². The summed E-state index contributed by atoms with van der Waals surface area (Å²) in [5.41, 5.74) is 2.44.